The summed E-state index contributed by atoms with van der Waals surface area (Å²) >= 11 is 1.67. The first-order valence-corrected chi connectivity index (χ1v) is 12.7. The van der Waals surface area contributed by atoms with Gasteiger partial charge in [-0.25, -0.2) is 4.79 Å². The van der Waals surface area contributed by atoms with Gasteiger partial charge in [0.2, 0.25) is 0 Å². The number of methoxy groups -OCH3 is 3. The Morgan fingerprint density at radius 2 is 1.91 bits per heavy atom. The topological polar surface area (TPSA) is 100 Å². The summed E-state index contributed by atoms with van der Waals surface area (Å²) in [5.41, 5.74) is 2.53. The molecule has 0 radical (unpaired) electrons. The van der Waals surface area contributed by atoms with E-state index in [4.69, 9.17) is 18.9 Å². The zero-order valence-electron chi connectivity index (χ0n) is 21.1. The lowest BCUT2D eigenvalue weighted by Crippen LogP contribution is -2.43. The molecule has 0 saturated heterocycles. The molecule has 1 aromatic rings. The van der Waals surface area contributed by atoms with Crippen LogP contribution in [-0.4, -0.2) is 57.2 Å². The highest BCUT2D eigenvalue weighted by molar-refractivity contribution is 7.99. The zero-order valence-corrected chi connectivity index (χ0v) is 21.9. The van der Waals surface area contributed by atoms with Crippen molar-refractivity contribution in [3.63, 3.8) is 0 Å². The molecule has 0 amide bonds. The summed E-state index contributed by atoms with van der Waals surface area (Å²) in [4.78, 5) is 39.8. The molecular formula is C26H33NO7S. The standard InChI is InChI=1S/C26H33NO7S/c1-7-35-11-10-34-26(30)21-15(3)27-18-12-14(2)20(25(29)33-6)24(28)23(18)22(21)17-13-16(31-4)8-9-19(17)32-5/h8-9,13-14,20,22,27H,7,10-12H2,1-6H3/t14-,20+,22-/m0/s1. The molecular weight excluding hydrogens is 470 g/mol. The second-order valence-electron chi connectivity index (χ2n) is 8.48. The van der Waals surface area contributed by atoms with Crippen LogP contribution in [0, 0.1) is 11.8 Å². The van der Waals surface area contributed by atoms with Crippen LogP contribution < -0.4 is 14.8 Å². The number of carbonyl (C=O) groups is 3. The number of hydrogen-bond donors (Lipinski definition) is 1. The molecule has 0 aromatic heterocycles. The van der Waals surface area contributed by atoms with Crippen LogP contribution in [0.15, 0.2) is 40.7 Å². The second kappa shape index (κ2) is 11.7. The molecule has 1 aliphatic carbocycles. The molecule has 0 fully saturated rings. The lowest BCUT2D eigenvalue weighted by atomic mass is 9.69. The molecule has 3 atom stereocenters. The van der Waals surface area contributed by atoms with Gasteiger partial charge in [0.05, 0.1) is 32.8 Å². The molecule has 1 aliphatic heterocycles. The molecule has 190 valence electrons. The number of esters is 2. The zero-order chi connectivity index (χ0) is 25.7. The number of allylic oxidation sites excluding steroid dienone is 3. The van der Waals surface area contributed by atoms with Crippen LogP contribution >= 0.6 is 11.8 Å². The van der Waals surface area contributed by atoms with Crippen LogP contribution in [0.25, 0.3) is 0 Å². The van der Waals surface area contributed by atoms with E-state index in [0.29, 0.717) is 51.8 Å². The van der Waals surface area contributed by atoms with Crippen LogP contribution in [0.1, 0.15) is 38.7 Å². The number of rotatable bonds is 9. The van der Waals surface area contributed by atoms with Gasteiger partial charge in [-0.3, -0.25) is 9.59 Å². The monoisotopic (exact) mass is 503 g/mol. The molecule has 1 N–H and O–H groups in total. The SMILES string of the molecule is CCSCCOC(=O)C1=C(C)NC2=C(C(=O)[C@H](C(=O)OC)[C@@H](C)C2)[C@H]1c1cc(OC)ccc1OC. The lowest BCUT2D eigenvalue weighted by Gasteiger charge is -2.38. The summed E-state index contributed by atoms with van der Waals surface area (Å²) in [7, 11) is 4.34. The van der Waals surface area contributed by atoms with Crippen molar-refractivity contribution in [3.05, 3.63) is 46.3 Å². The van der Waals surface area contributed by atoms with Gasteiger partial charge in [-0.2, -0.15) is 11.8 Å². The van der Waals surface area contributed by atoms with E-state index < -0.39 is 23.8 Å². The smallest absolute Gasteiger partial charge is 0.336 e. The van der Waals surface area contributed by atoms with Gasteiger partial charge in [0.25, 0.3) is 0 Å². The fourth-order valence-electron chi connectivity index (χ4n) is 4.74. The van der Waals surface area contributed by atoms with E-state index in [1.807, 2.05) is 13.8 Å². The minimum atomic E-state index is -0.962. The van der Waals surface area contributed by atoms with Gasteiger partial charge in [-0.1, -0.05) is 13.8 Å². The molecule has 2 aliphatic rings. The lowest BCUT2D eigenvalue weighted by molar-refractivity contribution is -0.151. The maximum Gasteiger partial charge on any atom is 0.336 e. The minimum Gasteiger partial charge on any atom is -0.497 e. The molecule has 0 unspecified atom stereocenters. The fraction of sp³-hybridized carbons (Fsp3) is 0.500. The Morgan fingerprint density at radius 3 is 2.54 bits per heavy atom. The van der Waals surface area contributed by atoms with E-state index in [1.165, 1.54) is 14.2 Å². The van der Waals surface area contributed by atoms with Crippen LogP contribution in [0.5, 0.6) is 11.5 Å². The third-order valence-corrected chi connectivity index (χ3v) is 7.24. The van der Waals surface area contributed by atoms with Gasteiger partial charge in [0, 0.05) is 28.3 Å². The number of thioether (sulfide) groups is 1. The van der Waals surface area contributed by atoms with Crippen molar-refractivity contribution < 1.29 is 33.3 Å². The average molecular weight is 504 g/mol. The Kier molecular flexibility index (Phi) is 8.88. The van der Waals surface area contributed by atoms with E-state index in [-0.39, 0.29) is 18.3 Å². The number of dihydropyridines is 1. The van der Waals surface area contributed by atoms with Crippen molar-refractivity contribution in [1.29, 1.82) is 0 Å². The van der Waals surface area contributed by atoms with E-state index in [0.717, 1.165) is 5.75 Å². The largest absolute Gasteiger partial charge is 0.497 e. The normalized spacial score (nSPS) is 21.8. The quantitative estimate of drug-likeness (QED) is 0.308. The maximum atomic E-state index is 13.8. The number of nitrogens with one attached hydrogen (secondary N) is 1. The highest BCUT2D eigenvalue weighted by Crippen LogP contribution is 2.48. The Hall–Kier alpha value is -2.94. The number of ether oxygens (including phenoxy) is 4. The molecule has 1 heterocycles. The van der Waals surface area contributed by atoms with Crippen molar-refractivity contribution in [3.8, 4) is 11.5 Å². The number of hydrogen-bond acceptors (Lipinski definition) is 9. The number of ketones is 1. The van der Waals surface area contributed by atoms with Crippen molar-refractivity contribution in [2.75, 3.05) is 39.4 Å². The third-order valence-electron chi connectivity index (χ3n) is 6.38. The number of Topliss-reactive ketones (excluding diaryl/α,β-unsaturated/α-hetero) is 1. The summed E-state index contributed by atoms with van der Waals surface area (Å²) < 4.78 is 21.6. The minimum absolute atomic E-state index is 0.248. The molecule has 0 spiro atoms. The molecule has 0 bridgehead atoms. The van der Waals surface area contributed by atoms with E-state index >= 15 is 0 Å². The van der Waals surface area contributed by atoms with Crippen molar-refractivity contribution >= 4 is 29.5 Å². The maximum absolute atomic E-state index is 13.8. The van der Waals surface area contributed by atoms with Crippen molar-refractivity contribution in [2.45, 2.75) is 33.1 Å². The third kappa shape index (κ3) is 5.34. The Balaban J connectivity index is 2.17. The average Bonchev–Trinajstić information content (AvgIpc) is 2.84. The first-order valence-electron chi connectivity index (χ1n) is 11.6. The van der Waals surface area contributed by atoms with Crippen LogP contribution in [0.3, 0.4) is 0 Å². The second-order valence-corrected chi connectivity index (χ2v) is 9.87. The van der Waals surface area contributed by atoms with Gasteiger partial charge in [0.15, 0.2) is 5.78 Å². The number of benzene rings is 1. The van der Waals surface area contributed by atoms with Gasteiger partial charge in [0.1, 0.15) is 24.0 Å². The van der Waals surface area contributed by atoms with Crippen molar-refractivity contribution in [1.82, 2.24) is 5.32 Å². The molecule has 1 aromatic carbocycles. The van der Waals surface area contributed by atoms with Gasteiger partial charge < -0.3 is 24.3 Å². The van der Waals surface area contributed by atoms with Crippen LogP contribution in [-0.2, 0) is 23.9 Å². The summed E-state index contributed by atoms with van der Waals surface area (Å²) in [5.74, 6) is -0.865. The molecule has 3 rings (SSSR count). The predicted octanol–water partition coefficient (Wildman–Crippen LogP) is 3.61. The first kappa shape index (κ1) is 26.7. The Bertz CT molecular complexity index is 1060. The van der Waals surface area contributed by atoms with Gasteiger partial charge in [-0.15, -0.1) is 0 Å². The van der Waals surface area contributed by atoms with Crippen molar-refractivity contribution in [2.24, 2.45) is 11.8 Å². The Labute approximate surface area is 210 Å². The highest BCUT2D eigenvalue weighted by Gasteiger charge is 2.48. The van der Waals surface area contributed by atoms with E-state index in [9.17, 15) is 14.4 Å². The number of carbonyl (C=O) groups excluding carboxylic acids is 3. The first-order chi connectivity index (χ1) is 16.8. The van der Waals surface area contributed by atoms with Crippen LogP contribution in [0.4, 0.5) is 0 Å². The Morgan fingerprint density at radius 1 is 1.17 bits per heavy atom. The molecule has 35 heavy (non-hydrogen) atoms. The molecule has 9 heteroatoms. The fourth-order valence-corrected chi connectivity index (χ4v) is 5.23. The van der Waals surface area contributed by atoms with Gasteiger partial charge in [-0.05, 0) is 43.2 Å². The highest BCUT2D eigenvalue weighted by atomic mass is 32.2. The van der Waals surface area contributed by atoms with Gasteiger partial charge >= 0.3 is 11.9 Å². The van der Waals surface area contributed by atoms with E-state index in [1.54, 1.807) is 44.0 Å². The summed E-state index contributed by atoms with van der Waals surface area (Å²) in [6, 6.07) is 5.24. The summed E-state index contributed by atoms with van der Waals surface area (Å²) in [6.07, 6.45) is 0.455. The summed E-state index contributed by atoms with van der Waals surface area (Å²) in [5, 5.41) is 3.26. The van der Waals surface area contributed by atoms with Crippen LogP contribution in [0.2, 0.25) is 0 Å². The predicted molar refractivity (Wildman–Crippen MR) is 133 cm³/mol. The summed E-state index contributed by atoms with van der Waals surface area (Å²) in [6.45, 7) is 5.93. The molecule has 0 saturated carbocycles. The van der Waals surface area contributed by atoms with E-state index in [2.05, 4.69) is 5.32 Å². The molecule has 8 nitrogen and oxygen atoms in total.